The van der Waals surface area contributed by atoms with Crippen molar-refractivity contribution in [2.75, 3.05) is 26.3 Å². The Morgan fingerprint density at radius 1 is 1.08 bits per heavy atom. The number of phenolic OH excluding ortho intramolecular Hbond substituents is 1. The molecule has 3 aliphatic rings. The minimum atomic E-state index is -3.40. The van der Waals surface area contributed by atoms with Crippen LogP contribution >= 0.6 is 0 Å². The predicted octanol–water partition coefficient (Wildman–Crippen LogP) is 0.963. The maximum absolute atomic E-state index is 13.7. The van der Waals surface area contributed by atoms with Gasteiger partial charge in [-0.2, -0.15) is 0 Å². The third-order valence-electron chi connectivity index (χ3n) is 11.4. The van der Waals surface area contributed by atoms with Crippen molar-refractivity contribution in [2.45, 2.75) is 81.2 Å². The third-order valence-corrected chi connectivity index (χ3v) is 11.4. The van der Waals surface area contributed by atoms with Crippen LogP contribution in [0.25, 0.3) is 27.8 Å². The Labute approximate surface area is 375 Å². The zero-order valence-corrected chi connectivity index (χ0v) is 35.6. The number of hydrogen-bond acceptors (Lipinski definition) is 19. The van der Waals surface area contributed by atoms with E-state index in [-0.39, 0.29) is 54.0 Å². The Balaban J connectivity index is 1.34. The summed E-state index contributed by atoms with van der Waals surface area (Å²) >= 11 is 0. The SMILES string of the molecule is Cc1cc(C)cc(C2=C3N=CC=C3CN2O[C@@H]2[C@@H](Oc3ccc4c(=O)c(-c5ccc(O)cc5)coc4c3)O[C@@H]([C@@](O)(CO)OC(=O)[C@H](NCCC=O)C(=O)O)[C@H](O)[C@]2(O)[C@H](O)CCCO)c1. The lowest BCUT2D eigenvalue weighted by molar-refractivity contribution is -0.404. The molecule has 0 spiro atoms. The second kappa shape index (κ2) is 19.6. The van der Waals surface area contributed by atoms with Crippen LogP contribution in [0.5, 0.6) is 11.5 Å². The normalized spacial score (nSPS) is 23.3. The van der Waals surface area contributed by atoms with Crippen molar-refractivity contribution in [3.63, 3.8) is 0 Å². The highest BCUT2D eigenvalue weighted by molar-refractivity contribution is 5.98. The van der Waals surface area contributed by atoms with Crippen LogP contribution in [0.2, 0.25) is 0 Å². The van der Waals surface area contributed by atoms with Gasteiger partial charge in [-0.15, -0.1) is 0 Å². The predicted molar refractivity (Wildman–Crippen MR) is 231 cm³/mol. The molecule has 350 valence electrons. The first-order chi connectivity index (χ1) is 31.5. The number of aliphatic hydroxyl groups is 6. The van der Waals surface area contributed by atoms with E-state index in [1.54, 1.807) is 12.3 Å². The average Bonchev–Trinajstić information content (AvgIpc) is 3.88. The van der Waals surface area contributed by atoms with Gasteiger partial charge in [-0.25, -0.2) is 14.7 Å². The number of aldehydes is 1. The summed E-state index contributed by atoms with van der Waals surface area (Å²) < 4.78 is 23.5. The lowest BCUT2D eigenvalue weighted by Crippen LogP contribution is -2.77. The topological polar surface area (TPSA) is 308 Å². The zero-order valence-electron chi connectivity index (χ0n) is 35.6. The number of aliphatic imine (C=N–C) groups is 1. The molecule has 0 amide bonds. The van der Waals surface area contributed by atoms with Gasteiger partial charge in [0, 0.05) is 43.0 Å². The number of benzene rings is 3. The van der Waals surface area contributed by atoms with Gasteiger partial charge in [-0.05, 0) is 74.7 Å². The smallest absolute Gasteiger partial charge is 0.337 e. The Morgan fingerprint density at radius 2 is 1.80 bits per heavy atom. The fraction of sp³-hybridized carbons (Fsp3) is 0.370. The molecule has 0 radical (unpaired) electrons. The largest absolute Gasteiger partial charge is 0.508 e. The van der Waals surface area contributed by atoms with E-state index in [2.05, 4.69) is 10.3 Å². The second-order valence-corrected chi connectivity index (χ2v) is 16.2. The number of hydrogen-bond donors (Lipinski definition) is 9. The number of aliphatic carboxylic acids is 1. The number of nitrogens with one attached hydrogen (secondary N) is 1. The molecule has 4 aromatic rings. The summed E-state index contributed by atoms with van der Waals surface area (Å²) in [4.78, 5) is 61.2. The van der Waals surface area contributed by atoms with Gasteiger partial charge in [0.2, 0.25) is 12.3 Å². The first-order valence-corrected chi connectivity index (χ1v) is 20.9. The minimum Gasteiger partial charge on any atom is -0.508 e. The van der Waals surface area contributed by atoms with E-state index in [1.165, 1.54) is 53.8 Å². The van der Waals surface area contributed by atoms with Crippen molar-refractivity contribution >= 4 is 41.1 Å². The molecule has 1 fully saturated rings. The van der Waals surface area contributed by atoms with Crippen molar-refractivity contribution in [1.29, 1.82) is 0 Å². The molecule has 9 N–H and O–H groups in total. The molecule has 20 nitrogen and oxygen atoms in total. The standard InChI is InChI=1S/C46H49N3O17/c1-24-17-25(2)19-28(18-24)37-35-27(12-14-48-35)21-49(37)66-41-44(63-30-10-11-31-33(20-30)62-22-32(38(31)55)26-6-8-29(53)9-7-26)64-40(39(56)46(41,61)34(54)5-3-15-50)45(60,23-52)65-43(59)36(42(57)58)47-13-4-16-51/h6-12,14,16-20,22,34,36,39-41,44,47,50,52-54,56,60-61H,3-5,13,15,21,23H2,1-2H3,(H,57,58)/t34-,36-,39+,40-,41-,44+,45-,46-/m1/s1. The van der Waals surface area contributed by atoms with Gasteiger partial charge in [0.1, 0.15) is 42.3 Å². The maximum atomic E-state index is 13.7. The number of carbonyl (C=O) groups excluding carboxylic acids is 2. The molecule has 4 heterocycles. The molecular weight excluding hydrogens is 867 g/mol. The molecule has 3 aliphatic heterocycles. The lowest BCUT2D eigenvalue weighted by Gasteiger charge is -2.54. The van der Waals surface area contributed by atoms with Gasteiger partial charge >= 0.3 is 11.9 Å². The van der Waals surface area contributed by atoms with E-state index in [0.29, 0.717) is 34.4 Å². The maximum Gasteiger partial charge on any atom is 0.337 e. The van der Waals surface area contributed by atoms with Gasteiger partial charge in [0.15, 0.2) is 23.2 Å². The summed E-state index contributed by atoms with van der Waals surface area (Å²) in [5.74, 6) is -7.06. The number of phenols is 1. The first kappa shape index (κ1) is 47.6. The number of rotatable bonds is 19. The van der Waals surface area contributed by atoms with Gasteiger partial charge in [0.05, 0.1) is 35.0 Å². The average molecular weight is 916 g/mol. The second-order valence-electron chi connectivity index (χ2n) is 16.2. The number of allylic oxidation sites excluding steroid dienone is 1. The molecule has 1 saturated heterocycles. The van der Waals surface area contributed by atoms with Crippen LogP contribution in [-0.4, -0.2) is 145 Å². The highest BCUT2D eigenvalue weighted by Crippen LogP contribution is 2.45. The van der Waals surface area contributed by atoms with Gasteiger partial charge in [-0.1, -0.05) is 29.3 Å². The van der Waals surface area contributed by atoms with Crippen molar-refractivity contribution in [1.82, 2.24) is 10.4 Å². The third kappa shape index (κ3) is 9.36. The van der Waals surface area contributed by atoms with Crippen LogP contribution in [0.15, 0.2) is 98.5 Å². The van der Waals surface area contributed by atoms with Crippen LogP contribution < -0.4 is 15.5 Å². The molecule has 7 rings (SSSR count). The van der Waals surface area contributed by atoms with E-state index in [1.807, 2.05) is 32.0 Å². The molecular formula is C46H49N3O17. The van der Waals surface area contributed by atoms with Crippen LogP contribution in [0.3, 0.4) is 0 Å². The number of carboxylic acid groups (broad SMARTS) is 1. The number of nitrogens with zero attached hydrogens (tertiary/aromatic N) is 2. The van der Waals surface area contributed by atoms with E-state index < -0.39 is 85.1 Å². The van der Waals surface area contributed by atoms with E-state index in [9.17, 15) is 60.0 Å². The number of hydroxylamine groups is 2. The highest BCUT2D eigenvalue weighted by atomic mass is 16.8. The number of esters is 1. The van der Waals surface area contributed by atoms with Gasteiger partial charge < -0.3 is 64.3 Å². The summed E-state index contributed by atoms with van der Waals surface area (Å²) in [7, 11) is 0. The summed E-state index contributed by atoms with van der Waals surface area (Å²) in [5, 5.41) is 92.6. The Kier molecular flexibility index (Phi) is 14.2. The molecule has 0 unspecified atom stereocenters. The van der Waals surface area contributed by atoms with Gasteiger partial charge in [-0.3, -0.25) is 19.9 Å². The van der Waals surface area contributed by atoms with Crippen molar-refractivity contribution in [2.24, 2.45) is 4.99 Å². The number of aliphatic hydroxyl groups excluding tert-OH is 4. The molecule has 66 heavy (non-hydrogen) atoms. The quantitative estimate of drug-likeness (QED) is 0.0208. The Morgan fingerprint density at radius 3 is 2.47 bits per heavy atom. The van der Waals surface area contributed by atoms with E-state index in [4.69, 9.17) is 23.5 Å². The number of aromatic hydroxyl groups is 1. The van der Waals surface area contributed by atoms with Crippen LogP contribution in [0.1, 0.15) is 36.0 Å². The van der Waals surface area contributed by atoms with Gasteiger partial charge in [0.25, 0.3) is 5.79 Å². The number of aryl methyl sites for hydroxylation is 2. The van der Waals surface area contributed by atoms with Crippen LogP contribution in [-0.2, 0) is 28.7 Å². The monoisotopic (exact) mass is 915 g/mol. The summed E-state index contributed by atoms with van der Waals surface area (Å²) in [5.41, 5.74) is 1.12. The highest BCUT2D eigenvalue weighted by Gasteiger charge is 2.67. The number of carbonyl (C=O) groups is 3. The summed E-state index contributed by atoms with van der Waals surface area (Å²) in [6, 6.07) is 13.3. The summed E-state index contributed by atoms with van der Waals surface area (Å²) in [6.07, 6.45) is -7.02. The molecule has 1 aromatic heterocycles. The van der Waals surface area contributed by atoms with E-state index >= 15 is 0 Å². The summed E-state index contributed by atoms with van der Waals surface area (Å²) in [6.45, 7) is 1.38. The lowest BCUT2D eigenvalue weighted by atomic mass is 9.76. The molecule has 20 heteroatoms. The molecule has 0 saturated carbocycles. The Bertz CT molecular complexity index is 2610. The number of carboxylic acids is 1. The van der Waals surface area contributed by atoms with E-state index in [0.717, 1.165) is 11.1 Å². The molecule has 0 bridgehead atoms. The van der Waals surface area contributed by atoms with Crippen LogP contribution in [0.4, 0.5) is 0 Å². The minimum absolute atomic E-state index is 0.000414. The zero-order chi connectivity index (χ0) is 47.5. The number of ether oxygens (including phenoxy) is 3. The fourth-order valence-electron chi connectivity index (χ4n) is 8.20. The van der Waals surface area contributed by atoms with Crippen LogP contribution in [0, 0.1) is 13.8 Å². The molecule has 8 atom stereocenters. The Hall–Kier alpha value is -6.33. The molecule has 3 aromatic carbocycles. The van der Waals surface area contributed by atoms with Crippen molar-refractivity contribution in [3.8, 4) is 22.6 Å². The number of fused-ring (bicyclic) bond motifs is 2. The van der Waals surface area contributed by atoms with Crippen molar-refractivity contribution < 1.29 is 78.7 Å². The first-order valence-electron chi connectivity index (χ1n) is 20.9. The molecule has 0 aliphatic carbocycles. The fourth-order valence-corrected chi connectivity index (χ4v) is 8.20. The van der Waals surface area contributed by atoms with Crippen molar-refractivity contribution in [3.05, 3.63) is 111 Å².